The summed E-state index contributed by atoms with van der Waals surface area (Å²) in [5.41, 5.74) is 6.87. The van der Waals surface area contributed by atoms with Crippen molar-refractivity contribution in [1.29, 1.82) is 0 Å². The number of phenolic OH excluding ortho intramolecular Hbond substituents is 2. The molecule has 1 aromatic heterocycles. The Morgan fingerprint density at radius 1 is 1.30 bits per heavy atom. The topological polar surface area (TPSA) is 127 Å². The number of imidazole rings is 1. The number of aliphatic hydroxyl groups is 1. The molecule has 7 N–H and O–H groups in total. The molecule has 0 amide bonds. The van der Waals surface area contributed by atoms with Gasteiger partial charge in [0.25, 0.3) is 0 Å². The molecule has 2 rings (SSSR count). The molecule has 1 aromatic carbocycles. The Balaban J connectivity index is 0. The van der Waals surface area contributed by atoms with Crippen LogP contribution in [0.25, 0.3) is 0 Å². The van der Waals surface area contributed by atoms with Crippen LogP contribution < -0.4 is 11.1 Å². The number of nitrogens with one attached hydrogen (secondary N) is 2. The summed E-state index contributed by atoms with van der Waals surface area (Å²) in [6, 6.07) is 4.26. The van der Waals surface area contributed by atoms with Gasteiger partial charge in [0, 0.05) is 19.2 Å². The van der Waals surface area contributed by atoms with Gasteiger partial charge in [0.15, 0.2) is 11.5 Å². The summed E-state index contributed by atoms with van der Waals surface area (Å²) in [6.07, 6.45) is 3.71. The summed E-state index contributed by atoms with van der Waals surface area (Å²) in [6.45, 7) is 1.08. The maximum absolute atomic E-state index is 9.48. The van der Waals surface area contributed by atoms with Gasteiger partial charge in [-0.3, -0.25) is 0 Å². The van der Waals surface area contributed by atoms with Gasteiger partial charge in [-0.1, -0.05) is 6.07 Å². The summed E-state index contributed by atoms with van der Waals surface area (Å²) in [4.78, 5) is 6.82. The van der Waals surface area contributed by atoms with Crippen molar-refractivity contribution in [2.75, 3.05) is 20.1 Å². The number of nitrogens with two attached hydrogens (primary N) is 1. The summed E-state index contributed by atoms with van der Waals surface area (Å²) in [5, 5.41) is 30.4. The average molecular weight is 373 g/mol. The molecule has 0 aliphatic rings. The standard InChI is InChI=1S/C9H13NO3.C5H9N3.Ca.ClH.2H/c1-10-5-9(13)6-2-3-7(11)8(12)4-6;6-2-1-5-3-7-4-8-5;;;;/h2-4,9-13H,5H2,1H3;3-4H,1-2,6H2,(H,7,8);;1H;;/t9-;;;;;/m0...../s1. The molecule has 0 fully saturated rings. The summed E-state index contributed by atoms with van der Waals surface area (Å²) >= 11 is 0. The first kappa shape index (κ1) is 24.7. The molecule has 0 saturated heterocycles. The first-order chi connectivity index (χ1) is 10.1. The van der Waals surface area contributed by atoms with Crippen molar-refractivity contribution in [3.63, 3.8) is 0 Å². The van der Waals surface area contributed by atoms with Gasteiger partial charge in [-0.05, 0) is 31.3 Å². The number of hydrogen-bond donors (Lipinski definition) is 6. The summed E-state index contributed by atoms with van der Waals surface area (Å²) < 4.78 is 0. The average Bonchev–Trinajstić information content (AvgIpc) is 2.96. The molecule has 0 aliphatic heterocycles. The van der Waals surface area contributed by atoms with Crippen molar-refractivity contribution in [1.82, 2.24) is 15.3 Å². The zero-order chi connectivity index (χ0) is 15.7. The molecule has 1 heterocycles. The zero-order valence-corrected chi connectivity index (χ0v) is 13.2. The van der Waals surface area contributed by atoms with E-state index < -0.39 is 6.10 Å². The van der Waals surface area contributed by atoms with Crippen LogP contribution in [0.3, 0.4) is 0 Å². The number of aliphatic hydroxyl groups excluding tert-OH is 1. The number of H-pyrrole nitrogens is 1. The molecule has 9 heteroatoms. The van der Waals surface area contributed by atoms with E-state index in [1.807, 2.05) is 6.20 Å². The first-order valence-electron chi connectivity index (χ1n) is 6.60. The fourth-order valence-corrected chi connectivity index (χ4v) is 1.63. The molecular weight excluding hydrogens is 348 g/mol. The molecule has 128 valence electrons. The van der Waals surface area contributed by atoms with Crippen LogP contribution in [0, 0.1) is 0 Å². The second-order valence-corrected chi connectivity index (χ2v) is 4.42. The molecule has 7 nitrogen and oxygen atoms in total. The van der Waals surface area contributed by atoms with Crippen LogP contribution in [0.15, 0.2) is 30.7 Å². The Morgan fingerprint density at radius 2 is 2.00 bits per heavy atom. The molecule has 1 atom stereocenters. The van der Waals surface area contributed by atoms with Gasteiger partial charge in [0.2, 0.25) is 0 Å². The number of aromatic nitrogens is 2. The number of rotatable bonds is 5. The Bertz CT molecular complexity index is 529. The van der Waals surface area contributed by atoms with Crippen LogP contribution in [0.5, 0.6) is 11.5 Å². The number of phenols is 2. The van der Waals surface area contributed by atoms with Crippen LogP contribution in [0.4, 0.5) is 0 Å². The van der Waals surface area contributed by atoms with Crippen LogP contribution in [-0.2, 0) is 6.42 Å². The van der Waals surface area contributed by atoms with E-state index in [4.69, 9.17) is 15.9 Å². The van der Waals surface area contributed by atoms with E-state index in [9.17, 15) is 5.11 Å². The van der Waals surface area contributed by atoms with Crippen molar-refractivity contribution in [2.24, 2.45) is 5.73 Å². The van der Waals surface area contributed by atoms with Crippen molar-refractivity contribution in [2.45, 2.75) is 12.5 Å². The number of aromatic amines is 1. The van der Waals surface area contributed by atoms with E-state index in [-0.39, 0.29) is 61.6 Å². The number of aromatic hydroxyl groups is 2. The number of halogens is 1. The van der Waals surface area contributed by atoms with E-state index in [0.29, 0.717) is 18.7 Å². The van der Waals surface area contributed by atoms with Gasteiger partial charge in [-0.2, -0.15) is 0 Å². The normalized spacial score (nSPS) is 10.6. The molecule has 0 saturated carbocycles. The number of nitrogens with zero attached hydrogens (tertiary/aromatic N) is 1. The summed E-state index contributed by atoms with van der Waals surface area (Å²) in [5.74, 6) is -0.395. The maximum atomic E-state index is 9.48. The molecule has 23 heavy (non-hydrogen) atoms. The van der Waals surface area contributed by atoms with Crippen molar-refractivity contribution in [3.05, 3.63) is 42.0 Å². The quantitative estimate of drug-likeness (QED) is 0.318. The first-order valence-corrected chi connectivity index (χ1v) is 6.60. The van der Waals surface area contributed by atoms with Gasteiger partial charge < -0.3 is 31.4 Å². The Morgan fingerprint density at radius 3 is 2.48 bits per heavy atom. The molecule has 0 aliphatic carbocycles. The van der Waals surface area contributed by atoms with Crippen LogP contribution >= 0.6 is 12.4 Å². The minimum atomic E-state index is -0.670. The fourth-order valence-electron chi connectivity index (χ4n) is 1.63. The monoisotopic (exact) mass is 372 g/mol. The van der Waals surface area contributed by atoms with Crippen LogP contribution in [-0.4, -0.2) is 83.2 Å². The second kappa shape index (κ2) is 13.9. The zero-order valence-electron chi connectivity index (χ0n) is 12.4. The molecule has 0 bridgehead atoms. The SMILES string of the molecule is CNC[C@H](O)c1ccc(O)c(O)c1.Cl.NCCc1c[nH]cn1.[CaH2]. The van der Waals surface area contributed by atoms with E-state index in [0.717, 1.165) is 12.1 Å². The third kappa shape index (κ3) is 9.36. The van der Waals surface area contributed by atoms with E-state index >= 15 is 0 Å². The third-order valence-corrected chi connectivity index (χ3v) is 2.74. The number of likely N-dealkylation sites (N-methyl/N-ethyl adjacent to an activating group) is 1. The minimum absolute atomic E-state index is 0. The van der Waals surface area contributed by atoms with Crippen LogP contribution in [0.1, 0.15) is 17.4 Å². The van der Waals surface area contributed by atoms with Crippen molar-refractivity contribution < 1.29 is 15.3 Å². The van der Waals surface area contributed by atoms with E-state index in [2.05, 4.69) is 15.3 Å². The second-order valence-electron chi connectivity index (χ2n) is 4.42. The van der Waals surface area contributed by atoms with E-state index in [1.54, 1.807) is 19.4 Å². The Kier molecular flexibility index (Phi) is 14.9. The van der Waals surface area contributed by atoms with Crippen molar-refractivity contribution in [3.8, 4) is 11.5 Å². The molecule has 0 radical (unpaired) electrons. The van der Waals surface area contributed by atoms with Gasteiger partial charge in [-0.25, -0.2) is 4.98 Å². The van der Waals surface area contributed by atoms with E-state index in [1.165, 1.54) is 12.1 Å². The molecule has 0 spiro atoms. The van der Waals surface area contributed by atoms with Gasteiger partial charge in [0.05, 0.1) is 18.1 Å². The van der Waals surface area contributed by atoms with Crippen molar-refractivity contribution >= 4 is 50.1 Å². The van der Waals surface area contributed by atoms with Crippen LogP contribution in [0.2, 0.25) is 0 Å². The summed E-state index contributed by atoms with van der Waals surface area (Å²) in [7, 11) is 1.73. The Hall–Kier alpha value is -0.540. The Labute approximate surface area is 171 Å². The number of hydrogen-bond acceptors (Lipinski definition) is 6. The molecular formula is C14H25CaClN4O3. The molecule has 2 aromatic rings. The third-order valence-electron chi connectivity index (χ3n) is 2.74. The van der Waals surface area contributed by atoms with Gasteiger partial charge >= 0.3 is 37.7 Å². The molecule has 0 unspecified atom stereocenters. The predicted molar refractivity (Wildman–Crippen MR) is 95.8 cm³/mol. The van der Waals surface area contributed by atoms with Gasteiger partial charge in [0.1, 0.15) is 0 Å². The van der Waals surface area contributed by atoms with Gasteiger partial charge in [-0.15, -0.1) is 12.4 Å². The predicted octanol–water partition coefficient (Wildman–Crippen LogP) is -0.233. The number of benzene rings is 1. The fraction of sp³-hybridized carbons (Fsp3) is 0.357.